The topological polar surface area (TPSA) is 66.9 Å². The molecule has 0 radical (unpaired) electrons. The first-order valence-corrected chi connectivity index (χ1v) is 13.4. The Hall–Kier alpha value is -3.50. The summed E-state index contributed by atoms with van der Waals surface area (Å²) in [6.45, 7) is 1.35. The summed E-state index contributed by atoms with van der Waals surface area (Å²) < 4.78 is 34.0. The minimum absolute atomic E-state index is 0.162. The predicted octanol–water partition coefficient (Wildman–Crippen LogP) is 5.24. The third-order valence-corrected chi connectivity index (χ3v) is 8.37. The average Bonchev–Trinajstić information content (AvgIpc) is 3.44. The highest BCUT2D eigenvalue weighted by molar-refractivity contribution is 8.00. The quantitative estimate of drug-likeness (QED) is 0.303. The van der Waals surface area contributed by atoms with Crippen LogP contribution in [0.1, 0.15) is 24.2 Å². The molecule has 1 aromatic heterocycles. The number of hydrogen-bond donors (Lipinski definition) is 0. The highest BCUT2D eigenvalue weighted by atomic mass is 32.2. The van der Waals surface area contributed by atoms with E-state index in [4.69, 9.17) is 4.74 Å². The summed E-state index contributed by atoms with van der Waals surface area (Å²) in [5.74, 6) is -2.11. The van der Waals surface area contributed by atoms with Crippen molar-refractivity contribution in [2.75, 3.05) is 10.7 Å². The van der Waals surface area contributed by atoms with Gasteiger partial charge in [-0.05, 0) is 28.6 Å². The lowest BCUT2D eigenvalue weighted by atomic mass is 10.00. The van der Waals surface area contributed by atoms with E-state index >= 15 is 0 Å². The minimum atomic E-state index is -2.95. The van der Waals surface area contributed by atoms with Crippen LogP contribution in [-0.4, -0.2) is 46.3 Å². The molecule has 1 unspecified atom stereocenters. The molecule has 0 spiro atoms. The first-order chi connectivity index (χ1) is 17.9. The molecule has 0 saturated carbocycles. The molecule has 2 aliphatic rings. The van der Waals surface area contributed by atoms with Crippen LogP contribution < -0.4 is 4.90 Å². The molecule has 2 aromatic carbocycles. The predicted molar refractivity (Wildman–Crippen MR) is 138 cm³/mol. The number of β-lactam (4-membered cyclic amide) rings is 1. The standard InChI is InChI=1S/C27H22F2N2O4S2/c1-16(32)30(20-13-8-14-36-20)22-25(33)31-21(19(24(28)29)15-37-26(22)31)27(34)35-23(17-9-4-2-5-10-17)18-11-6-3-7-12-18/h2-14,22-24,26H,15H2,1H3/t22?,26-/m1/s1. The van der Waals surface area contributed by atoms with Gasteiger partial charge in [-0.25, -0.2) is 13.6 Å². The van der Waals surface area contributed by atoms with Crippen LogP contribution in [0, 0.1) is 0 Å². The van der Waals surface area contributed by atoms with Crippen LogP contribution >= 0.6 is 23.1 Å². The normalized spacial score (nSPS) is 19.1. The second-order valence-corrected chi connectivity index (χ2v) is 10.5. The number of thiophene rings is 1. The minimum Gasteiger partial charge on any atom is -0.448 e. The summed E-state index contributed by atoms with van der Waals surface area (Å²) in [7, 11) is 0. The largest absolute Gasteiger partial charge is 0.448 e. The van der Waals surface area contributed by atoms with Gasteiger partial charge < -0.3 is 4.74 Å². The molecule has 190 valence electrons. The fraction of sp³-hybridized carbons (Fsp3) is 0.222. The maximum Gasteiger partial charge on any atom is 0.356 e. The van der Waals surface area contributed by atoms with E-state index in [1.807, 2.05) is 12.1 Å². The molecule has 5 rings (SSSR count). The summed E-state index contributed by atoms with van der Waals surface area (Å²) in [4.78, 5) is 41.8. The zero-order valence-electron chi connectivity index (χ0n) is 19.6. The Kier molecular flexibility index (Phi) is 7.12. The number of nitrogens with zero attached hydrogens (tertiary/aromatic N) is 2. The Bertz CT molecular complexity index is 1290. The summed E-state index contributed by atoms with van der Waals surface area (Å²) in [5, 5.41) is 1.67. The van der Waals surface area contributed by atoms with Gasteiger partial charge in [-0.2, -0.15) is 0 Å². The summed E-state index contributed by atoms with van der Waals surface area (Å²) in [5.41, 5.74) is 0.433. The maximum absolute atomic E-state index is 14.1. The smallest absolute Gasteiger partial charge is 0.356 e. The molecule has 3 heterocycles. The van der Waals surface area contributed by atoms with Crippen molar-refractivity contribution in [2.24, 2.45) is 0 Å². The molecule has 0 aliphatic carbocycles. The van der Waals surface area contributed by atoms with Gasteiger partial charge in [-0.3, -0.25) is 19.4 Å². The number of ether oxygens (including phenoxy) is 1. The second kappa shape index (κ2) is 10.5. The molecular weight excluding hydrogens is 518 g/mol. The number of carbonyl (C=O) groups is 3. The van der Waals surface area contributed by atoms with Gasteiger partial charge in [0.05, 0.1) is 5.00 Å². The van der Waals surface area contributed by atoms with Crippen LogP contribution in [0.2, 0.25) is 0 Å². The number of carbonyl (C=O) groups excluding carboxylic acids is 3. The third kappa shape index (κ3) is 4.67. The highest BCUT2D eigenvalue weighted by Crippen LogP contribution is 2.46. The number of thioether (sulfide) groups is 1. The van der Waals surface area contributed by atoms with E-state index in [2.05, 4.69) is 0 Å². The first-order valence-electron chi connectivity index (χ1n) is 11.5. The molecule has 0 N–H and O–H groups in total. The summed E-state index contributed by atoms with van der Waals surface area (Å²) >= 11 is 2.40. The van der Waals surface area contributed by atoms with Crippen LogP contribution in [0.4, 0.5) is 13.8 Å². The SMILES string of the molecule is CC(=O)N(c1cccs1)C1C(=O)N2C(C(=O)OC(c3ccccc3)c3ccccc3)=C(C(F)F)CS[C@H]12. The van der Waals surface area contributed by atoms with Crippen LogP contribution in [0.3, 0.4) is 0 Å². The van der Waals surface area contributed by atoms with Crippen molar-refractivity contribution < 1.29 is 27.9 Å². The molecule has 2 atom stereocenters. The van der Waals surface area contributed by atoms with Crippen LogP contribution in [0.15, 0.2) is 89.4 Å². The molecule has 10 heteroatoms. The van der Waals surface area contributed by atoms with Crippen LogP contribution in [0.25, 0.3) is 0 Å². The van der Waals surface area contributed by atoms with Crippen molar-refractivity contribution in [3.05, 3.63) is 101 Å². The van der Waals surface area contributed by atoms with Crippen molar-refractivity contribution >= 4 is 45.9 Å². The number of hydrogen-bond acceptors (Lipinski definition) is 6. The second-order valence-electron chi connectivity index (χ2n) is 8.48. The Morgan fingerprint density at radius 1 is 1.00 bits per heavy atom. The van der Waals surface area contributed by atoms with E-state index in [1.165, 1.54) is 23.2 Å². The average molecular weight is 541 g/mol. The Morgan fingerprint density at radius 2 is 1.62 bits per heavy atom. The number of halogens is 2. The van der Waals surface area contributed by atoms with E-state index in [1.54, 1.807) is 66.0 Å². The Balaban J connectivity index is 1.49. The lowest BCUT2D eigenvalue weighted by molar-refractivity contribution is -0.153. The van der Waals surface area contributed by atoms with Crippen molar-refractivity contribution in [3.63, 3.8) is 0 Å². The van der Waals surface area contributed by atoms with E-state index in [0.717, 1.165) is 16.7 Å². The zero-order valence-corrected chi connectivity index (χ0v) is 21.3. The number of benzene rings is 2. The molecule has 2 aliphatic heterocycles. The Morgan fingerprint density at radius 3 is 2.14 bits per heavy atom. The van der Waals surface area contributed by atoms with Gasteiger partial charge in [0.25, 0.3) is 12.3 Å². The van der Waals surface area contributed by atoms with Gasteiger partial charge in [0.1, 0.15) is 17.1 Å². The number of fused-ring (bicyclic) bond motifs is 1. The van der Waals surface area contributed by atoms with Crippen LogP contribution in [-0.2, 0) is 19.1 Å². The van der Waals surface area contributed by atoms with Crippen molar-refractivity contribution in [2.45, 2.75) is 30.9 Å². The molecule has 3 aromatic rings. The highest BCUT2D eigenvalue weighted by Gasteiger charge is 2.58. The van der Waals surface area contributed by atoms with E-state index < -0.39 is 47.1 Å². The molecular formula is C27H22F2N2O4S2. The fourth-order valence-electron chi connectivity index (χ4n) is 4.53. The van der Waals surface area contributed by atoms with Gasteiger partial charge in [0.2, 0.25) is 5.91 Å². The van der Waals surface area contributed by atoms with Gasteiger partial charge in [-0.1, -0.05) is 60.7 Å². The van der Waals surface area contributed by atoms with Crippen LogP contribution in [0.5, 0.6) is 0 Å². The van der Waals surface area contributed by atoms with Gasteiger partial charge in [-0.15, -0.1) is 23.1 Å². The number of amides is 2. The zero-order chi connectivity index (χ0) is 26.1. The summed E-state index contributed by atoms with van der Waals surface area (Å²) in [6.07, 6.45) is -3.81. The number of rotatable bonds is 7. The first kappa shape index (κ1) is 25.2. The maximum atomic E-state index is 14.1. The molecule has 6 nitrogen and oxygen atoms in total. The number of anilines is 1. The lowest BCUT2D eigenvalue weighted by Gasteiger charge is -2.52. The van der Waals surface area contributed by atoms with E-state index in [-0.39, 0.29) is 11.7 Å². The molecule has 2 amide bonds. The van der Waals surface area contributed by atoms with Gasteiger partial charge in [0, 0.05) is 18.2 Å². The lowest BCUT2D eigenvalue weighted by Crippen LogP contribution is -2.71. The molecule has 37 heavy (non-hydrogen) atoms. The van der Waals surface area contributed by atoms with Gasteiger partial charge >= 0.3 is 5.97 Å². The van der Waals surface area contributed by atoms with Crippen molar-refractivity contribution in [3.8, 4) is 0 Å². The molecule has 1 saturated heterocycles. The molecule has 0 bridgehead atoms. The number of alkyl halides is 2. The Labute approximate surface area is 220 Å². The number of esters is 1. The van der Waals surface area contributed by atoms with E-state index in [0.29, 0.717) is 16.1 Å². The molecule has 1 fully saturated rings. The third-order valence-electron chi connectivity index (χ3n) is 6.22. The van der Waals surface area contributed by atoms with Gasteiger partial charge in [0.15, 0.2) is 6.10 Å². The van der Waals surface area contributed by atoms with E-state index in [9.17, 15) is 23.2 Å². The van der Waals surface area contributed by atoms with Crippen molar-refractivity contribution in [1.82, 2.24) is 4.90 Å². The van der Waals surface area contributed by atoms with Crippen molar-refractivity contribution in [1.29, 1.82) is 0 Å². The fourth-order valence-corrected chi connectivity index (χ4v) is 6.73. The summed E-state index contributed by atoms with van der Waals surface area (Å²) in [6, 6.07) is 20.5. The monoisotopic (exact) mass is 540 g/mol.